The summed E-state index contributed by atoms with van der Waals surface area (Å²) in [5.74, 6) is -0.776. The number of nitrogens with one attached hydrogen (secondary N) is 1. The highest BCUT2D eigenvalue weighted by Crippen LogP contribution is 2.23. The van der Waals surface area contributed by atoms with Crippen LogP contribution in [-0.4, -0.2) is 24.4 Å². The monoisotopic (exact) mass is 344 g/mol. The Morgan fingerprint density at radius 3 is 2.92 bits per heavy atom. The van der Waals surface area contributed by atoms with Crippen LogP contribution >= 0.6 is 11.6 Å². The highest BCUT2D eigenvalue weighted by molar-refractivity contribution is 6.32. The molecule has 3 rings (SSSR count). The number of carbonyl (C=O) groups excluding carboxylic acids is 1. The Labute approximate surface area is 145 Å². The van der Waals surface area contributed by atoms with E-state index >= 15 is 0 Å². The SMILES string of the molecule is CN1CCc2ccc(NC(=O)C=Cc3c(F)cccc3Cl)cc2C1. The summed E-state index contributed by atoms with van der Waals surface area (Å²) >= 11 is 5.94. The van der Waals surface area contributed by atoms with Crippen molar-refractivity contribution < 1.29 is 9.18 Å². The first kappa shape index (κ1) is 16.7. The molecule has 1 heterocycles. The Kier molecular flexibility index (Phi) is 4.97. The summed E-state index contributed by atoms with van der Waals surface area (Å²) in [4.78, 5) is 14.3. The number of likely N-dealkylation sites (N-methyl/N-ethyl adjacent to an activating group) is 1. The fraction of sp³-hybridized carbons (Fsp3) is 0.211. The molecule has 1 amide bonds. The zero-order valence-electron chi connectivity index (χ0n) is 13.4. The van der Waals surface area contributed by atoms with Crippen molar-refractivity contribution in [3.63, 3.8) is 0 Å². The van der Waals surface area contributed by atoms with Crippen LogP contribution in [0.1, 0.15) is 16.7 Å². The first-order valence-corrected chi connectivity index (χ1v) is 8.14. The minimum Gasteiger partial charge on any atom is -0.323 e. The van der Waals surface area contributed by atoms with E-state index in [0.717, 1.165) is 25.2 Å². The predicted octanol–water partition coefficient (Wildman–Crippen LogP) is 4.12. The molecule has 24 heavy (non-hydrogen) atoms. The topological polar surface area (TPSA) is 32.3 Å². The minimum absolute atomic E-state index is 0.210. The van der Waals surface area contributed by atoms with Gasteiger partial charge in [-0.15, -0.1) is 0 Å². The van der Waals surface area contributed by atoms with E-state index in [4.69, 9.17) is 11.6 Å². The van der Waals surface area contributed by atoms with Crippen LogP contribution in [-0.2, 0) is 17.8 Å². The second-order valence-corrected chi connectivity index (χ2v) is 6.34. The molecule has 0 atom stereocenters. The number of hydrogen-bond acceptors (Lipinski definition) is 2. The fourth-order valence-corrected chi connectivity index (χ4v) is 3.01. The van der Waals surface area contributed by atoms with Gasteiger partial charge in [0.15, 0.2) is 0 Å². The van der Waals surface area contributed by atoms with Crippen LogP contribution in [0.25, 0.3) is 6.08 Å². The number of amides is 1. The largest absolute Gasteiger partial charge is 0.323 e. The van der Waals surface area contributed by atoms with Crippen molar-refractivity contribution >= 4 is 29.3 Å². The highest BCUT2D eigenvalue weighted by atomic mass is 35.5. The lowest BCUT2D eigenvalue weighted by atomic mass is 9.99. The number of halogens is 2. The summed E-state index contributed by atoms with van der Waals surface area (Å²) in [5, 5.41) is 3.08. The van der Waals surface area contributed by atoms with E-state index in [2.05, 4.69) is 23.3 Å². The predicted molar refractivity (Wildman–Crippen MR) is 95.6 cm³/mol. The lowest BCUT2D eigenvalue weighted by Crippen LogP contribution is -2.26. The summed E-state index contributed by atoms with van der Waals surface area (Å²) in [7, 11) is 2.08. The third kappa shape index (κ3) is 3.83. The molecule has 1 aliphatic heterocycles. The quantitative estimate of drug-likeness (QED) is 0.849. The molecule has 0 unspecified atom stereocenters. The summed E-state index contributed by atoms with van der Waals surface area (Å²) in [5.41, 5.74) is 3.49. The Morgan fingerprint density at radius 1 is 1.29 bits per heavy atom. The van der Waals surface area contributed by atoms with Gasteiger partial charge in [-0.05, 0) is 54.9 Å². The van der Waals surface area contributed by atoms with Gasteiger partial charge in [0.05, 0.1) is 5.02 Å². The van der Waals surface area contributed by atoms with E-state index in [-0.39, 0.29) is 16.5 Å². The molecule has 0 spiro atoms. The third-order valence-corrected chi connectivity index (χ3v) is 4.41. The van der Waals surface area contributed by atoms with Crippen molar-refractivity contribution in [2.75, 3.05) is 18.9 Å². The number of fused-ring (bicyclic) bond motifs is 1. The van der Waals surface area contributed by atoms with Crippen molar-refractivity contribution in [2.45, 2.75) is 13.0 Å². The van der Waals surface area contributed by atoms with Crippen LogP contribution in [0.15, 0.2) is 42.5 Å². The molecule has 1 aliphatic rings. The second-order valence-electron chi connectivity index (χ2n) is 5.93. The zero-order valence-corrected chi connectivity index (χ0v) is 14.1. The number of anilines is 1. The van der Waals surface area contributed by atoms with Crippen LogP contribution in [0, 0.1) is 5.82 Å². The van der Waals surface area contributed by atoms with E-state index in [9.17, 15) is 9.18 Å². The molecule has 124 valence electrons. The number of nitrogens with zero attached hydrogens (tertiary/aromatic N) is 1. The standard InChI is InChI=1S/C19H18ClFN2O/c1-23-10-9-13-5-6-15(11-14(13)12-23)22-19(24)8-7-16-17(20)3-2-4-18(16)21/h2-8,11H,9-10,12H2,1H3,(H,22,24). The van der Waals surface area contributed by atoms with Crippen molar-refractivity contribution in [1.29, 1.82) is 0 Å². The van der Waals surface area contributed by atoms with Crippen LogP contribution in [0.5, 0.6) is 0 Å². The molecule has 0 saturated carbocycles. The van der Waals surface area contributed by atoms with Gasteiger partial charge in [0.2, 0.25) is 5.91 Å². The Balaban J connectivity index is 1.71. The second kappa shape index (κ2) is 7.16. The maximum Gasteiger partial charge on any atom is 0.248 e. The van der Waals surface area contributed by atoms with Crippen LogP contribution in [0.4, 0.5) is 10.1 Å². The Bertz CT molecular complexity index is 784. The summed E-state index contributed by atoms with van der Waals surface area (Å²) in [6.45, 7) is 1.92. The van der Waals surface area contributed by atoms with Gasteiger partial charge < -0.3 is 10.2 Å². The maximum atomic E-state index is 13.7. The van der Waals surface area contributed by atoms with E-state index in [0.29, 0.717) is 0 Å². The number of benzene rings is 2. The minimum atomic E-state index is -0.455. The molecule has 2 aromatic rings. The molecule has 0 aliphatic carbocycles. The van der Waals surface area contributed by atoms with Crippen LogP contribution in [0.2, 0.25) is 5.02 Å². The average molecular weight is 345 g/mol. The van der Waals surface area contributed by atoms with Crippen LogP contribution < -0.4 is 5.32 Å². The molecule has 2 aromatic carbocycles. The molecule has 0 saturated heterocycles. The van der Waals surface area contributed by atoms with Crippen molar-refractivity contribution in [3.05, 3.63) is 70.0 Å². The van der Waals surface area contributed by atoms with Crippen molar-refractivity contribution in [1.82, 2.24) is 4.90 Å². The van der Waals surface area contributed by atoms with E-state index < -0.39 is 5.82 Å². The van der Waals surface area contributed by atoms with Gasteiger partial charge in [0.25, 0.3) is 0 Å². The lowest BCUT2D eigenvalue weighted by molar-refractivity contribution is -0.111. The molecule has 0 fully saturated rings. The fourth-order valence-electron chi connectivity index (χ4n) is 2.79. The summed E-state index contributed by atoms with van der Waals surface area (Å²) < 4.78 is 13.7. The molecular weight excluding hydrogens is 327 g/mol. The zero-order chi connectivity index (χ0) is 17.1. The van der Waals surface area contributed by atoms with Gasteiger partial charge in [0.1, 0.15) is 5.82 Å². The Morgan fingerprint density at radius 2 is 2.12 bits per heavy atom. The highest BCUT2D eigenvalue weighted by Gasteiger charge is 2.13. The Hall–Kier alpha value is -2.17. The van der Waals surface area contributed by atoms with Crippen molar-refractivity contribution in [2.24, 2.45) is 0 Å². The average Bonchev–Trinajstić information content (AvgIpc) is 2.54. The first-order valence-electron chi connectivity index (χ1n) is 7.76. The smallest absolute Gasteiger partial charge is 0.248 e. The normalized spacial score (nSPS) is 14.6. The van der Waals surface area contributed by atoms with Crippen LogP contribution in [0.3, 0.4) is 0 Å². The molecule has 5 heteroatoms. The van der Waals surface area contributed by atoms with Gasteiger partial charge in [0, 0.05) is 30.4 Å². The molecular formula is C19H18ClFN2O. The van der Waals surface area contributed by atoms with Gasteiger partial charge >= 0.3 is 0 Å². The van der Waals surface area contributed by atoms with Gasteiger partial charge in [-0.2, -0.15) is 0 Å². The number of hydrogen-bond donors (Lipinski definition) is 1. The van der Waals surface area contributed by atoms with E-state index in [1.54, 1.807) is 6.07 Å². The molecule has 0 aromatic heterocycles. The van der Waals surface area contributed by atoms with Gasteiger partial charge in [-0.1, -0.05) is 23.7 Å². The number of rotatable bonds is 3. The third-order valence-electron chi connectivity index (χ3n) is 4.08. The number of carbonyl (C=O) groups is 1. The van der Waals surface area contributed by atoms with E-state index in [1.165, 1.54) is 35.4 Å². The summed E-state index contributed by atoms with van der Waals surface area (Å²) in [6.07, 6.45) is 3.70. The summed E-state index contributed by atoms with van der Waals surface area (Å²) in [6, 6.07) is 10.4. The molecule has 3 nitrogen and oxygen atoms in total. The van der Waals surface area contributed by atoms with Gasteiger partial charge in [-0.25, -0.2) is 4.39 Å². The first-order chi connectivity index (χ1) is 11.5. The molecule has 0 radical (unpaired) electrons. The van der Waals surface area contributed by atoms with Gasteiger partial charge in [-0.3, -0.25) is 4.79 Å². The van der Waals surface area contributed by atoms with Crippen molar-refractivity contribution in [3.8, 4) is 0 Å². The van der Waals surface area contributed by atoms with E-state index in [1.807, 2.05) is 12.1 Å². The molecule has 0 bridgehead atoms. The maximum absolute atomic E-state index is 13.7. The molecule has 1 N–H and O–H groups in total. The lowest BCUT2D eigenvalue weighted by Gasteiger charge is -2.25.